The van der Waals surface area contributed by atoms with Crippen molar-refractivity contribution in [3.63, 3.8) is 0 Å². The van der Waals surface area contributed by atoms with Crippen LogP contribution in [0.4, 0.5) is 5.69 Å². The third-order valence-corrected chi connectivity index (χ3v) is 3.90. The molecule has 1 aromatic rings. The maximum absolute atomic E-state index is 11.1. The molecule has 1 saturated carbocycles. The van der Waals surface area contributed by atoms with E-state index in [4.69, 9.17) is 10.5 Å². The van der Waals surface area contributed by atoms with Crippen molar-refractivity contribution in [1.29, 1.82) is 0 Å². The van der Waals surface area contributed by atoms with Crippen molar-refractivity contribution in [2.75, 3.05) is 25.6 Å². The second kappa shape index (κ2) is 7.88. The van der Waals surface area contributed by atoms with Crippen molar-refractivity contribution in [2.24, 2.45) is 11.7 Å². The Kier molecular flexibility index (Phi) is 5.87. The average Bonchev–Trinajstić information content (AvgIpc) is 2.52. The van der Waals surface area contributed by atoms with Crippen LogP contribution < -0.4 is 15.8 Å². The predicted molar refractivity (Wildman–Crippen MR) is 82.4 cm³/mol. The monoisotopic (exact) mass is 292 g/mol. The third kappa shape index (κ3) is 5.27. The fraction of sp³-hybridized carbons (Fsp3) is 0.562. The van der Waals surface area contributed by atoms with Crippen LogP contribution in [0.3, 0.4) is 0 Å². The highest BCUT2D eigenvalue weighted by atomic mass is 16.6. The summed E-state index contributed by atoms with van der Waals surface area (Å²) in [7, 11) is 1.35. The van der Waals surface area contributed by atoms with Gasteiger partial charge in [0.2, 0.25) is 0 Å². The lowest BCUT2D eigenvalue weighted by atomic mass is 9.86. The summed E-state index contributed by atoms with van der Waals surface area (Å²) >= 11 is 0. The number of anilines is 1. The van der Waals surface area contributed by atoms with Crippen molar-refractivity contribution < 1.29 is 14.3 Å². The lowest BCUT2D eigenvalue weighted by Crippen LogP contribution is -2.29. The minimum atomic E-state index is -0.382. The van der Waals surface area contributed by atoms with E-state index in [9.17, 15) is 4.79 Å². The summed E-state index contributed by atoms with van der Waals surface area (Å²) in [6.07, 6.45) is 4.61. The summed E-state index contributed by atoms with van der Waals surface area (Å²) in [5.41, 5.74) is 6.93. The molecule has 5 heteroatoms. The van der Waals surface area contributed by atoms with E-state index >= 15 is 0 Å². The quantitative estimate of drug-likeness (QED) is 0.786. The van der Waals surface area contributed by atoms with Gasteiger partial charge in [-0.05, 0) is 43.7 Å². The van der Waals surface area contributed by atoms with Crippen molar-refractivity contribution in [1.82, 2.24) is 0 Å². The first kappa shape index (κ1) is 15.6. The van der Waals surface area contributed by atoms with Crippen LogP contribution in [-0.4, -0.2) is 32.3 Å². The Hall–Kier alpha value is -1.75. The molecule has 5 nitrogen and oxygen atoms in total. The van der Waals surface area contributed by atoms with Crippen LogP contribution in [-0.2, 0) is 9.53 Å². The Morgan fingerprint density at radius 1 is 1.33 bits per heavy atom. The molecule has 0 spiro atoms. The highest BCUT2D eigenvalue weighted by Gasteiger charge is 2.18. The minimum Gasteiger partial charge on any atom is -0.482 e. The number of nitrogens with two attached hydrogens (primary N) is 1. The number of hydrogen-bond acceptors (Lipinski definition) is 5. The second-order valence-electron chi connectivity index (χ2n) is 5.55. The topological polar surface area (TPSA) is 73.6 Å². The lowest BCUT2D eigenvalue weighted by Gasteiger charge is -2.26. The summed E-state index contributed by atoms with van der Waals surface area (Å²) in [5, 5.41) is 3.43. The molecular formula is C16H24N2O3. The first-order valence-corrected chi connectivity index (χ1v) is 7.46. The van der Waals surface area contributed by atoms with E-state index in [2.05, 4.69) is 10.1 Å². The van der Waals surface area contributed by atoms with Crippen molar-refractivity contribution in [2.45, 2.75) is 31.7 Å². The molecule has 0 aliphatic heterocycles. The standard InChI is InChI=1S/C16H24N2O3/c1-20-16(19)11-21-15-4-2-3-14(9-15)18-10-12-5-7-13(17)8-6-12/h2-4,9,12-13,18H,5-8,10-11,17H2,1H3. The zero-order valence-electron chi connectivity index (χ0n) is 12.5. The van der Waals surface area contributed by atoms with E-state index in [1.54, 1.807) is 0 Å². The molecule has 2 rings (SSSR count). The van der Waals surface area contributed by atoms with Gasteiger partial charge in [0.25, 0.3) is 0 Å². The predicted octanol–water partition coefficient (Wildman–Crippen LogP) is 2.17. The molecule has 0 atom stereocenters. The van der Waals surface area contributed by atoms with Gasteiger partial charge in [0.15, 0.2) is 6.61 Å². The molecule has 0 saturated heterocycles. The average molecular weight is 292 g/mol. The Bertz CT molecular complexity index is 457. The van der Waals surface area contributed by atoms with Crippen LogP contribution in [0.1, 0.15) is 25.7 Å². The van der Waals surface area contributed by atoms with E-state index in [0.29, 0.717) is 17.7 Å². The van der Waals surface area contributed by atoms with Crippen molar-refractivity contribution >= 4 is 11.7 Å². The van der Waals surface area contributed by atoms with Gasteiger partial charge in [0.05, 0.1) is 7.11 Å². The summed E-state index contributed by atoms with van der Waals surface area (Å²) in [6, 6.07) is 8.02. The SMILES string of the molecule is COC(=O)COc1cccc(NCC2CCC(N)CC2)c1. The Morgan fingerprint density at radius 2 is 2.10 bits per heavy atom. The fourth-order valence-electron chi connectivity index (χ4n) is 2.55. The molecule has 3 N–H and O–H groups in total. The fourth-order valence-corrected chi connectivity index (χ4v) is 2.55. The molecule has 116 valence electrons. The number of hydrogen-bond donors (Lipinski definition) is 2. The van der Waals surface area contributed by atoms with Crippen LogP contribution in [0, 0.1) is 5.92 Å². The number of methoxy groups -OCH3 is 1. The maximum atomic E-state index is 11.1. The summed E-state index contributed by atoms with van der Waals surface area (Å²) in [6.45, 7) is 0.883. The molecule has 0 heterocycles. The van der Waals surface area contributed by atoms with Crippen LogP contribution in [0.15, 0.2) is 24.3 Å². The summed E-state index contributed by atoms with van der Waals surface area (Å²) in [4.78, 5) is 11.1. The van der Waals surface area contributed by atoms with Crippen molar-refractivity contribution in [3.05, 3.63) is 24.3 Å². The number of rotatable bonds is 6. The smallest absolute Gasteiger partial charge is 0.343 e. The van der Waals surface area contributed by atoms with Gasteiger partial charge in [-0.25, -0.2) is 4.79 Å². The molecule has 1 aliphatic rings. The van der Waals surface area contributed by atoms with Crippen LogP contribution >= 0.6 is 0 Å². The Morgan fingerprint density at radius 3 is 2.81 bits per heavy atom. The second-order valence-corrected chi connectivity index (χ2v) is 5.55. The largest absolute Gasteiger partial charge is 0.482 e. The van der Waals surface area contributed by atoms with E-state index in [-0.39, 0.29) is 12.6 Å². The van der Waals surface area contributed by atoms with Gasteiger partial charge in [0, 0.05) is 24.3 Å². The van der Waals surface area contributed by atoms with E-state index in [1.807, 2.05) is 24.3 Å². The van der Waals surface area contributed by atoms with Gasteiger partial charge in [-0.1, -0.05) is 6.07 Å². The van der Waals surface area contributed by atoms with E-state index in [0.717, 1.165) is 25.1 Å². The number of carbonyl (C=O) groups is 1. The lowest BCUT2D eigenvalue weighted by molar-refractivity contribution is -0.142. The van der Waals surface area contributed by atoms with Gasteiger partial charge in [0.1, 0.15) is 5.75 Å². The first-order chi connectivity index (χ1) is 10.2. The third-order valence-electron chi connectivity index (χ3n) is 3.90. The number of benzene rings is 1. The molecule has 0 amide bonds. The summed E-state index contributed by atoms with van der Waals surface area (Å²) in [5.74, 6) is 0.965. The maximum Gasteiger partial charge on any atom is 0.343 e. The normalized spacial score (nSPS) is 21.6. The summed E-state index contributed by atoms with van der Waals surface area (Å²) < 4.78 is 9.92. The highest BCUT2D eigenvalue weighted by molar-refractivity contribution is 5.70. The van der Waals surface area contributed by atoms with Crippen LogP contribution in [0.25, 0.3) is 0 Å². The van der Waals surface area contributed by atoms with E-state index < -0.39 is 0 Å². The Balaban J connectivity index is 1.79. The molecule has 0 unspecified atom stereocenters. The zero-order valence-corrected chi connectivity index (χ0v) is 12.5. The first-order valence-electron chi connectivity index (χ1n) is 7.46. The van der Waals surface area contributed by atoms with Crippen molar-refractivity contribution in [3.8, 4) is 5.75 Å². The molecule has 1 aliphatic carbocycles. The number of ether oxygens (including phenoxy) is 2. The van der Waals surface area contributed by atoms with Gasteiger partial charge in [-0.15, -0.1) is 0 Å². The Labute approximate surface area is 125 Å². The number of nitrogens with one attached hydrogen (secondary N) is 1. The highest BCUT2D eigenvalue weighted by Crippen LogP contribution is 2.24. The number of esters is 1. The van der Waals surface area contributed by atoms with Crippen LogP contribution in [0.2, 0.25) is 0 Å². The van der Waals surface area contributed by atoms with E-state index in [1.165, 1.54) is 20.0 Å². The molecule has 0 bridgehead atoms. The molecule has 0 aromatic heterocycles. The molecule has 1 aromatic carbocycles. The van der Waals surface area contributed by atoms with Gasteiger partial charge >= 0.3 is 5.97 Å². The van der Waals surface area contributed by atoms with Gasteiger partial charge in [-0.2, -0.15) is 0 Å². The molecule has 21 heavy (non-hydrogen) atoms. The zero-order chi connectivity index (χ0) is 15.1. The van der Waals surface area contributed by atoms with Gasteiger partial charge < -0.3 is 20.5 Å². The molecular weight excluding hydrogens is 268 g/mol. The molecule has 0 radical (unpaired) electrons. The van der Waals surface area contributed by atoms with Crippen LogP contribution in [0.5, 0.6) is 5.75 Å². The number of carbonyl (C=O) groups excluding carboxylic acids is 1. The van der Waals surface area contributed by atoms with Gasteiger partial charge in [-0.3, -0.25) is 0 Å². The molecule has 1 fully saturated rings. The minimum absolute atomic E-state index is 0.0690.